The summed E-state index contributed by atoms with van der Waals surface area (Å²) in [5, 5.41) is 6.70. The lowest BCUT2D eigenvalue weighted by molar-refractivity contribution is 0.0956. The van der Waals surface area contributed by atoms with Crippen LogP contribution in [0.4, 0.5) is 0 Å². The molecule has 0 saturated carbocycles. The number of thiophene rings is 1. The van der Waals surface area contributed by atoms with Gasteiger partial charge in [0.2, 0.25) is 0 Å². The predicted molar refractivity (Wildman–Crippen MR) is 105 cm³/mol. The van der Waals surface area contributed by atoms with Crippen molar-refractivity contribution >= 4 is 44.9 Å². The number of thioether (sulfide) groups is 1. The third-order valence-corrected chi connectivity index (χ3v) is 6.14. The maximum Gasteiger partial charge on any atom is 0.257 e. The molecule has 130 valence electrons. The molecular weight excluding hydrogens is 422 g/mol. The van der Waals surface area contributed by atoms with Gasteiger partial charge < -0.3 is 9.84 Å². The molecule has 0 atom stereocenters. The Kier molecular flexibility index (Phi) is 6.28. The number of carbonyl (C=O) groups is 1. The van der Waals surface area contributed by atoms with Gasteiger partial charge in [-0.1, -0.05) is 5.16 Å². The first-order valence-electron chi connectivity index (χ1n) is 7.63. The summed E-state index contributed by atoms with van der Waals surface area (Å²) in [6.07, 6.45) is 0. The van der Waals surface area contributed by atoms with Gasteiger partial charge in [-0.05, 0) is 59.3 Å². The first-order valence-corrected chi connectivity index (χ1v) is 10.4. The van der Waals surface area contributed by atoms with Crippen LogP contribution in [-0.4, -0.2) is 28.3 Å². The highest BCUT2D eigenvalue weighted by Gasteiger charge is 2.09. The quantitative estimate of drug-likeness (QED) is 0.549. The van der Waals surface area contributed by atoms with Crippen LogP contribution < -0.4 is 5.32 Å². The van der Waals surface area contributed by atoms with Crippen molar-refractivity contribution in [2.24, 2.45) is 0 Å². The Balaban J connectivity index is 1.43. The van der Waals surface area contributed by atoms with Crippen LogP contribution in [0.1, 0.15) is 21.1 Å². The van der Waals surface area contributed by atoms with Gasteiger partial charge in [0.15, 0.2) is 5.82 Å². The number of amides is 1. The van der Waals surface area contributed by atoms with E-state index in [9.17, 15) is 4.79 Å². The molecule has 5 nitrogen and oxygen atoms in total. The van der Waals surface area contributed by atoms with Crippen molar-refractivity contribution < 1.29 is 9.32 Å². The average molecular weight is 438 g/mol. The number of aryl methyl sites for hydroxylation is 1. The summed E-state index contributed by atoms with van der Waals surface area (Å²) in [5.41, 5.74) is 1.42. The normalized spacial score (nSPS) is 10.8. The van der Waals surface area contributed by atoms with Crippen LogP contribution in [0.3, 0.4) is 0 Å². The van der Waals surface area contributed by atoms with E-state index in [2.05, 4.69) is 43.5 Å². The van der Waals surface area contributed by atoms with Gasteiger partial charge in [0.1, 0.15) is 0 Å². The molecular formula is C17H16BrN3O2S2. The van der Waals surface area contributed by atoms with Crippen LogP contribution in [-0.2, 0) is 5.75 Å². The molecule has 3 aromatic rings. The molecule has 0 radical (unpaired) electrons. The molecule has 0 aliphatic carbocycles. The predicted octanol–water partition coefficient (Wildman–Crippen LogP) is 4.53. The van der Waals surface area contributed by atoms with Gasteiger partial charge >= 0.3 is 0 Å². The smallest absolute Gasteiger partial charge is 0.257 e. The van der Waals surface area contributed by atoms with E-state index in [4.69, 9.17) is 4.52 Å². The lowest BCUT2D eigenvalue weighted by Gasteiger charge is -2.05. The Bertz CT molecular complexity index is 846. The summed E-state index contributed by atoms with van der Waals surface area (Å²) < 4.78 is 6.26. The zero-order chi connectivity index (χ0) is 17.6. The SMILES string of the molecule is Cc1noc(-c2ccc(C(=O)NCCSCc3ccc(Br)s3)cc2)n1. The maximum absolute atomic E-state index is 12.2. The van der Waals surface area contributed by atoms with Gasteiger partial charge in [-0.2, -0.15) is 16.7 Å². The molecule has 0 aliphatic heterocycles. The van der Waals surface area contributed by atoms with Gasteiger partial charge in [-0.25, -0.2) is 0 Å². The van der Waals surface area contributed by atoms with E-state index in [1.165, 1.54) is 4.88 Å². The number of hydrogen-bond donors (Lipinski definition) is 1. The van der Waals surface area contributed by atoms with Crippen LogP contribution in [0.15, 0.2) is 44.7 Å². The van der Waals surface area contributed by atoms with Crippen molar-refractivity contribution in [3.8, 4) is 11.5 Å². The average Bonchev–Trinajstić information content (AvgIpc) is 3.23. The first-order chi connectivity index (χ1) is 12.1. The summed E-state index contributed by atoms with van der Waals surface area (Å²) >= 11 is 7.01. The second-order valence-electron chi connectivity index (χ2n) is 5.24. The Morgan fingerprint density at radius 2 is 2.08 bits per heavy atom. The van der Waals surface area contributed by atoms with Gasteiger partial charge in [0.05, 0.1) is 3.79 Å². The molecule has 1 aromatic carbocycles. The molecule has 0 spiro atoms. The molecule has 0 bridgehead atoms. The molecule has 0 fully saturated rings. The highest BCUT2D eigenvalue weighted by molar-refractivity contribution is 9.11. The molecule has 1 amide bonds. The number of hydrogen-bond acceptors (Lipinski definition) is 6. The summed E-state index contributed by atoms with van der Waals surface area (Å²) in [5.74, 6) is 2.81. The van der Waals surface area contributed by atoms with Crippen molar-refractivity contribution in [2.45, 2.75) is 12.7 Å². The molecule has 0 saturated heterocycles. The number of nitrogens with zero attached hydrogens (tertiary/aromatic N) is 2. The second-order valence-corrected chi connectivity index (χ2v) is 8.89. The lowest BCUT2D eigenvalue weighted by Crippen LogP contribution is -2.25. The van der Waals surface area contributed by atoms with E-state index in [0.717, 1.165) is 20.9 Å². The van der Waals surface area contributed by atoms with Gasteiger partial charge in [0, 0.05) is 34.1 Å². The fraction of sp³-hybridized carbons (Fsp3) is 0.235. The van der Waals surface area contributed by atoms with Gasteiger partial charge in [0.25, 0.3) is 11.8 Å². The van der Waals surface area contributed by atoms with Crippen LogP contribution >= 0.6 is 39.0 Å². The largest absolute Gasteiger partial charge is 0.351 e. The fourth-order valence-electron chi connectivity index (χ4n) is 2.12. The number of benzene rings is 1. The van der Waals surface area contributed by atoms with Crippen LogP contribution in [0, 0.1) is 6.92 Å². The molecule has 1 N–H and O–H groups in total. The Hall–Kier alpha value is -1.64. The second kappa shape index (κ2) is 8.64. The standard InChI is InChI=1S/C17H16BrN3O2S2/c1-11-20-17(23-21-11)13-4-2-12(3-5-13)16(22)19-8-9-24-10-14-6-7-15(18)25-14/h2-7H,8-10H2,1H3,(H,19,22). The minimum absolute atomic E-state index is 0.0762. The van der Waals surface area contributed by atoms with Crippen LogP contribution in [0.25, 0.3) is 11.5 Å². The molecule has 25 heavy (non-hydrogen) atoms. The Morgan fingerprint density at radius 3 is 2.72 bits per heavy atom. The van der Waals surface area contributed by atoms with Crippen molar-refractivity contribution in [1.29, 1.82) is 0 Å². The number of rotatable bonds is 7. The number of halogens is 1. The first kappa shape index (κ1) is 18.2. The van der Waals surface area contributed by atoms with Crippen LogP contribution in [0.5, 0.6) is 0 Å². The topological polar surface area (TPSA) is 68.0 Å². The third kappa shape index (κ3) is 5.17. The lowest BCUT2D eigenvalue weighted by atomic mass is 10.1. The maximum atomic E-state index is 12.2. The van der Waals surface area contributed by atoms with Gasteiger partial charge in [-0.3, -0.25) is 4.79 Å². The Labute approximate surface area is 162 Å². The number of aromatic nitrogens is 2. The molecule has 3 rings (SSSR count). The number of nitrogens with one attached hydrogen (secondary N) is 1. The summed E-state index contributed by atoms with van der Waals surface area (Å²) in [7, 11) is 0. The minimum Gasteiger partial charge on any atom is -0.351 e. The van der Waals surface area contributed by atoms with E-state index >= 15 is 0 Å². The van der Waals surface area contributed by atoms with Crippen molar-refractivity contribution in [2.75, 3.05) is 12.3 Å². The van der Waals surface area contributed by atoms with Crippen molar-refractivity contribution in [1.82, 2.24) is 15.5 Å². The van der Waals surface area contributed by atoms with E-state index < -0.39 is 0 Å². The number of carbonyl (C=O) groups excluding carboxylic acids is 1. The van der Waals surface area contributed by atoms with E-state index in [0.29, 0.717) is 23.8 Å². The molecule has 8 heteroatoms. The highest BCUT2D eigenvalue weighted by atomic mass is 79.9. The molecule has 2 heterocycles. The summed E-state index contributed by atoms with van der Waals surface area (Å²) in [4.78, 5) is 17.7. The highest BCUT2D eigenvalue weighted by Crippen LogP contribution is 2.25. The fourth-order valence-corrected chi connectivity index (χ4v) is 4.57. The van der Waals surface area contributed by atoms with Crippen molar-refractivity contribution in [3.63, 3.8) is 0 Å². The zero-order valence-corrected chi connectivity index (χ0v) is 16.7. The summed E-state index contributed by atoms with van der Waals surface area (Å²) in [6.45, 7) is 2.41. The van der Waals surface area contributed by atoms with E-state index in [1.807, 2.05) is 12.1 Å². The van der Waals surface area contributed by atoms with Crippen molar-refractivity contribution in [3.05, 3.63) is 56.4 Å². The minimum atomic E-state index is -0.0762. The van der Waals surface area contributed by atoms with Gasteiger partial charge in [-0.15, -0.1) is 11.3 Å². The summed E-state index contributed by atoms with van der Waals surface area (Å²) in [6, 6.07) is 11.3. The molecule has 2 aromatic heterocycles. The third-order valence-electron chi connectivity index (χ3n) is 3.33. The van der Waals surface area contributed by atoms with E-state index in [-0.39, 0.29) is 5.91 Å². The molecule has 0 unspecified atom stereocenters. The monoisotopic (exact) mass is 437 g/mol. The zero-order valence-electron chi connectivity index (χ0n) is 13.5. The van der Waals surface area contributed by atoms with E-state index in [1.54, 1.807) is 42.2 Å². The Morgan fingerprint density at radius 1 is 1.28 bits per heavy atom. The molecule has 0 aliphatic rings. The van der Waals surface area contributed by atoms with Crippen LogP contribution in [0.2, 0.25) is 0 Å².